The third-order valence-electron chi connectivity index (χ3n) is 4.49. The number of nitrogens with zero attached hydrogens (tertiary/aromatic N) is 2. The van der Waals surface area contributed by atoms with Gasteiger partial charge in [0.05, 0.1) is 4.92 Å². The van der Waals surface area contributed by atoms with Crippen LogP contribution < -0.4 is 0 Å². The maximum atomic E-state index is 12.8. The minimum Gasteiger partial charge on any atom is -0.444 e. The lowest BCUT2D eigenvalue weighted by atomic mass is 10.1. The van der Waals surface area contributed by atoms with Crippen molar-refractivity contribution in [1.82, 2.24) is 4.90 Å². The molecule has 0 aliphatic carbocycles. The summed E-state index contributed by atoms with van der Waals surface area (Å²) in [6.45, 7) is 1.33. The van der Waals surface area contributed by atoms with E-state index in [1.54, 1.807) is 29.2 Å². The van der Waals surface area contributed by atoms with Gasteiger partial charge in [-0.1, -0.05) is 30.3 Å². The molecule has 1 aliphatic rings. The lowest BCUT2D eigenvalue weighted by molar-refractivity contribution is -0.384. The third-order valence-corrected chi connectivity index (χ3v) is 4.49. The number of carbonyl (C=O) groups excluding carboxylic acids is 2. The number of non-ortho nitro benzene ring substituents is 1. The zero-order valence-electron chi connectivity index (χ0n) is 15.2. The Balaban J connectivity index is 1.71. The van der Waals surface area contributed by atoms with Gasteiger partial charge in [-0.25, -0.2) is 4.79 Å². The fraction of sp³-hybridized carbons (Fsp3) is 0.238. The molecule has 0 N–H and O–H groups in total. The molecular weight excluding hydrogens is 360 g/mol. The molecule has 3 rings (SSSR count). The van der Waals surface area contributed by atoms with Gasteiger partial charge in [0.25, 0.3) is 11.6 Å². The van der Waals surface area contributed by atoms with Crippen molar-refractivity contribution in [2.24, 2.45) is 0 Å². The number of esters is 1. The predicted octanol–water partition coefficient (Wildman–Crippen LogP) is 3.51. The van der Waals surface area contributed by atoms with Crippen LogP contribution in [0.4, 0.5) is 5.69 Å². The second kappa shape index (κ2) is 8.94. The number of ether oxygens (including phenoxy) is 1. The molecule has 2 aromatic rings. The lowest BCUT2D eigenvalue weighted by Gasteiger charge is -2.23. The zero-order valence-corrected chi connectivity index (χ0v) is 15.2. The number of rotatable bonds is 6. The van der Waals surface area contributed by atoms with Crippen molar-refractivity contribution >= 4 is 23.6 Å². The monoisotopic (exact) mass is 380 g/mol. The Hall–Kier alpha value is -3.48. The van der Waals surface area contributed by atoms with Crippen LogP contribution in [0.2, 0.25) is 0 Å². The van der Waals surface area contributed by atoms with Crippen molar-refractivity contribution in [1.29, 1.82) is 0 Å². The number of nitro groups is 1. The Kier molecular flexibility index (Phi) is 6.16. The molecular formula is C21H20N2O5. The Morgan fingerprint density at radius 3 is 2.29 bits per heavy atom. The molecule has 7 heteroatoms. The molecule has 0 saturated carbocycles. The van der Waals surface area contributed by atoms with Crippen LogP contribution in [0.15, 0.2) is 60.7 Å². The average molecular weight is 380 g/mol. The summed E-state index contributed by atoms with van der Waals surface area (Å²) in [4.78, 5) is 37.0. The summed E-state index contributed by atoms with van der Waals surface area (Å²) in [5.41, 5.74) is 1.21. The molecule has 1 fully saturated rings. The van der Waals surface area contributed by atoms with Crippen molar-refractivity contribution in [3.63, 3.8) is 0 Å². The minimum atomic E-state index is -0.992. The molecule has 2 aromatic carbocycles. The summed E-state index contributed by atoms with van der Waals surface area (Å²) in [7, 11) is 0. The number of hydrogen-bond donors (Lipinski definition) is 0. The molecule has 144 valence electrons. The first-order valence-electron chi connectivity index (χ1n) is 9.01. The Labute approximate surface area is 162 Å². The van der Waals surface area contributed by atoms with E-state index in [-0.39, 0.29) is 11.6 Å². The molecule has 7 nitrogen and oxygen atoms in total. The van der Waals surface area contributed by atoms with Gasteiger partial charge in [0.2, 0.25) is 6.10 Å². The fourth-order valence-electron chi connectivity index (χ4n) is 3.02. The van der Waals surface area contributed by atoms with Crippen molar-refractivity contribution in [2.45, 2.75) is 18.9 Å². The van der Waals surface area contributed by atoms with Crippen molar-refractivity contribution in [2.75, 3.05) is 13.1 Å². The van der Waals surface area contributed by atoms with E-state index in [0.29, 0.717) is 24.2 Å². The second-order valence-electron chi connectivity index (χ2n) is 6.44. The quantitative estimate of drug-likeness (QED) is 0.331. The zero-order chi connectivity index (χ0) is 19.9. The topological polar surface area (TPSA) is 89.7 Å². The summed E-state index contributed by atoms with van der Waals surface area (Å²) in [6, 6.07) is 14.7. The largest absolute Gasteiger partial charge is 0.444 e. The number of nitro benzene ring substituents is 1. The average Bonchev–Trinajstić information content (AvgIpc) is 3.26. The number of likely N-dealkylation sites (tertiary alicyclic amines) is 1. The number of carbonyl (C=O) groups is 2. The molecule has 0 spiro atoms. The standard InChI is InChI=1S/C21H20N2O5/c24-19(13-10-16-8-11-18(12-9-16)23(26)27)28-20(17-6-2-1-3-7-17)21(25)22-14-4-5-15-22/h1-3,6-13,20H,4-5,14-15H2/b13-10+/t20-/m0/s1. The third kappa shape index (κ3) is 4.82. The molecule has 0 radical (unpaired) electrons. The predicted molar refractivity (Wildman–Crippen MR) is 103 cm³/mol. The summed E-state index contributed by atoms with van der Waals surface area (Å²) in [5.74, 6) is -0.875. The highest BCUT2D eigenvalue weighted by Crippen LogP contribution is 2.23. The SMILES string of the molecule is O=C(/C=C/c1ccc([N+](=O)[O-])cc1)O[C@H](C(=O)N1CCCC1)c1ccccc1. The highest BCUT2D eigenvalue weighted by molar-refractivity contribution is 5.91. The van der Waals surface area contributed by atoms with Crippen LogP contribution in [0, 0.1) is 10.1 Å². The van der Waals surface area contributed by atoms with Crippen LogP contribution in [0.25, 0.3) is 6.08 Å². The van der Waals surface area contributed by atoms with E-state index < -0.39 is 17.0 Å². The van der Waals surface area contributed by atoms with Crippen LogP contribution in [0.5, 0.6) is 0 Å². The van der Waals surface area contributed by atoms with E-state index in [1.165, 1.54) is 36.4 Å². The van der Waals surface area contributed by atoms with Gasteiger partial charge >= 0.3 is 5.97 Å². The molecule has 0 aromatic heterocycles. The van der Waals surface area contributed by atoms with Gasteiger partial charge in [-0.2, -0.15) is 0 Å². The Bertz CT molecular complexity index is 871. The smallest absolute Gasteiger partial charge is 0.331 e. The molecule has 1 saturated heterocycles. The molecule has 1 atom stereocenters. The summed E-state index contributed by atoms with van der Waals surface area (Å²) >= 11 is 0. The van der Waals surface area contributed by atoms with Crippen molar-refractivity contribution in [3.8, 4) is 0 Å². The molecule has 1 amide bonds. The van der Waals surface area contributed by atoms with Gasteiger partial charge in [0.1, 0.15) is 0 Å². The fourth-order valence-corrected chi connectivity index (χ4v) is 3.02. The highest BCUT2D eigenvalue weighted by atomic mass is 16.6. The van der Waals surface area contributed by atoms with E-state index in [9.17, 15) is 19.7 Å². The first-order valence-corrected chi connectivity index (χ1v) is 9.01. The van der Waals surface area contributed by atoms with E-state index in [1.807, 2.05) is 6.07 Å². The maximum absolute atomic E-state index is 12.8. The molecule has 0 unspecified atom stereocenters. The first-order chi connectivity index (χ1) is 13.5. The van der Waals surface area contributed by atoms with Gasteiger partial charge in [-0.05, 0) is 36.6 Å². The van der Waals surface area contributed by atoms with Crippen LogP contribution in [0.1, 0.15) is 30.1 Å². The summed E-state index contributed by atoms with van der Waals surface area (Å²) < 4.78 is 5.47. The summed E-state index contributed by atoms with van der Waals surface area (Å²) in [6.07, 6.45) is 3.61. The number of amides is 1. The van der Waals surface area contributed by atoms with Crippen LogP contribution in [-0.4, -0.2) is 34.8 Å². The minimum absolute atomic E-state index is 0.0277. The van der Waals surface area contributed by atoms with Crippen LogP contribution in [-0.2, 0) is 14.3 Å². The van der Waals surface area contributed by atoms with E-state index in [0.717, 1.165) is 12.8 Å². The highest BCUT2D eigenvalue weighted by Gasteiger charge is 2.30. The van der Waals surface area contributed by atoms with E-state index in [4.69, 9.17) is 4.74 Å². The molecule has 1 aliphatic heterocycles. The maximum Gasteiger partial charge on any atom is 0.331 e. The van der Waals surface area contributed by atoms with Gasteiger partial charge in [0.15, 0.2) is 0 Å². The Morgan fingerprint density at radius 2 is 1.68 bits per heavy atom. The lowest BCUT2D eigenvalue weighted by Crippen LogP contribution is -2.34. The summed E-state index contributed by atoms with van der Waals surface area (Å²) in [5, 5.41) is 10.7. The van der Waals surface area contributed by atoms with Crippen molar-refractivity contribution in [3.05, 3.63) is 81.9 Å². The second-order valence-corrected chi connectivity index (χ2v) is 6.44. The van der Waals surface area contributed by atoms with Gasteiger partial charge in [0, 0.05) is 36.9 Å². The Morgan fingerprint density at radius 1 is 1.04 bits per heavy atom. The molecule has 1 heterocycles. The van der Waals surface area contributed by atoms with Gasteiger partial charge in [-0.15, -0.1) is 0 Å². The van der Waals surface area contributed by atoms with E-state index in [2.05, 4.69) is 0 Å². The van der Waals surface area contributed by atoms with Gasteiger partial charge < -0.3 is 9.64 Å². The normalized spacial score (nSPS) is 14.8. The van der Waals surface area contributed by atoms with Crippen LogP contribution >= 0.6 is 0 Å². The number of benzene rings is 2. The van der Waals surface area contributed by atoms with E-state index >= 15 is 0 Å². The molecule has 0 bridgehead atoms. The number of hydrogen-bond acceptors (Lipinski definition) is 5. The van der Waals surface area contributed by atoms with Gasteiger partial charge in [-0.3, -0.25) is 14.9 Å². The van der Waals surface area contributed by atoms with Crippen molar-refractivity contribution < 1.29 is 19.2 Å². The van der Waals surface area contributed by atoms with Crippen LogP contribution in [0.3, 0.4) is 0 Å². The first kappa shape index (κ1) is 19.3. The molecule has 28 heavy (non-hydrogen) atoms.